The van der Waals surface area contributed by atoms with Gasteiger partial charge in [0.2, 0.25) is 0 Å². The van der Waals surface area contributed by atoms with E-state index < -0.39 is 0 Å². The van der Waals surface area contributed by atoms with Gasteiger partial charge in [0.25, 0.3) is 5.91 Å². The van der Waals surface area contributed by atoms with Gasteiger partial charge in [-0.25, -0.2) is 9.97 Å². The highest BCUT2D eigenvalue weighted by atomic mass is 16.2. The highest BCUT2D eigenvalue weighted by Gasteiger charge is 2.32. The molecule has 2 aliphatic rings. The van der Waals surface area contributed by atoms with Crippen LogP contribution in [-0.4, -0.2) is 50.3 Å². The van der Waals surface area contributed by atoms with Crippen LogP contribution in [0.15, 0.2) is 60.9 Å². The smallest absolute Gasteiger partial charge is 0.254 e. The van der Waals surface area contributed by atoms with Crippen molar-refractivity contribution in [2.24, 2.45) is 0 Å². The minimum absolute atomic E-state index is 0.0257. The third-order valence-electron chi connectivity index (χ3n) is 6.23. The highest BCUT2D eigenvalue weighted by molar-refractivity contribution is 5.94. The Labute approximate surface area is 183 Å². The Kier molecular flexibility index (Phi) is 5.71. The maximum absolute atomic E-state index is 13.3. The predicted molar refractivity (Wildman–Crippen MR) is 119 cm³/mol. The van der Waals surface area contributed by atoms with Crippen LogP contribution in [0.2, 0.25) is 0 Å². The van der Waals surface area contributed by atoms with Gasteiger partial charge in [-0.3, -0.25) is 14.7 Å². The summed E-state index contributed by atoms with van der Waals surface area (Å²) in [6.07, 6.45) is 7.98. The molecule has 4 heterocycles. The molecule has 6 heteroatoms. The summed E-state index contributed by atoms with van der Waals surface area (Å²) in [6, 6.07) is 15.7. The fourth-order valence-electron chi connectivity index (χ4n) is 4.61. The van der Waals surface area contributed by atoms with E-state index in [1.165, 1.54) is 31.5 Å². The van der Waals surface area contributed by atoms with E-state index in [9.17, 15) is 4.79 Å². The molecule has 1 amide bonds. The molecular weight excluding hydrogens is 386 g/mol. The molecule has 0 aliphatic carbocycles. The molecule has 6 nitrogen and oxygen atoms in total. The maximum atomic E-state index is 13.3. The van der Waals surface area contributed by atoms with Crippen LogP contribution in [0.3, 0.4) is 0 Å². The van der Waals surface area contributed by atoms with Crippen LogP contribution < -0.4 is 0 Å². The number of amides is 1. The van der Waals surface area contributed by atoms with Crippen LogP contribution in [0.5, 0.6) is 0 Å². The first-order chi connectivity index (χ1) is 15.3. The molecule has 3 aromatic rings. The van der Waals surface area contributed by atoms with E-state index in [2.05, 4.69) is 27.0 Å². The average Bonchev–Trinajstić information content (AvgIpc) is 3.52. The Hall–Kier alpha value is -3.12. The number of rotatable bonds is 5. The molecule has 31 heavy (non-hydrogen) atoms. The van der Waals surface area contributed by atoms with Gasteiger partial charge in [0.05, 0.1) is 11.7 Å². The van der Waals surface area contributed by atoms with E-state index in [0.29, 0.717) is 5.82 Å². The SMILES string of the molecule is O=C(c1ccc(CN2CCCC2)cc1)N1CCC[C@@H]1c1ccnc(-c2ccccn2)n1. The Morgan fingerprint density at radius 2 is 1.74 bits per heavy atom. The zero-order valence-corrected chi connectivity index (χ0v) is 17.7. The fraction of sp³-hybridized carbons (Fsp3) is 0.360. The van der Waals surface area contributed by atoms with Gasteiger partial charge in [-0.15, -0.1) is 0 Å². The summed E-state index contributed by atoms with van der Waals surface area (Å²) in [6.45, 7) is 4.07. The first-order valence-corrected chi connectivity index (χ1v) is 11.1. The van der Waals surface area contributed by atoms with E-state index >= 15 is 0 Å². The number of hydrogen-bond acceptors (Lipinski definition) is 5. The van der Waals surface area contributed by atoms with Crippen molar-refractivity contribution in [2.45, 2.75) is 38.3 Å². The molecule has 2 aromatic heterocycles. The molecule has 158 valence electrons. The van der Waals surface area contributed by atoms with E-state index in [-0.39, 0.29) is 11.9 Å². The number of likely N-dealkylation sites (tertiary alicyclic amines) is 2. The van der Waals surface area contributed by atoms with Crippen LogP contribution >= 0.6 is 0 Å². The molecule has 1 aromatic carbocycles. The molecule has 0 spiro atoms. The van der Waals surface area contributed by atoms with Crippen LogP contribution in [-0.2, 0) is 6.54 Å². The van der Waals surface area contributed by atoms with Gasteiger partial charge in [-0.1, -0.05) is 18.2 Å². The third-order valence-corrected chi connectivity index (χ3v) is 6.23. The highest BCUT2D eigenvalue weighted by Crippen LogP contribution is 2.32. The second kappa shape index (κ2) is 8.94. The van der Waals surface area contributed by atoms with Crippen molar-refractivity contribution in [1.82, 2.24) is 24.8 Å². The lowest BCUT2D eigenvalue weighted by Gasteiger charge is -2.25. The second-order valence-electron chi connectivity index (χ2n) is 8.36. The summed E-state index contributed by atoms with van der Waals surface area (Å²) >= 11 is 0. The summed E-state index contributed by atoms with van der Waals surface area (Å²) in [5.41, 5.74) is 3.64. The Balaban J connectivity index is 1.32. The van der Waals surface area contributed by atoms with Crippen molar-refractivity contribution < 1.29 is 4.79 Å². The van der Waals surface area contributed by atoms with Crippen molar-refractivity contribution in [3.05, 3.63) is 77.7 Å². The van der Waals surface area contributed by atoms with Crippen molar-refractivity contribution in [3.8, 4) is 11.5 Å². The van der Waals surface area contributed by atoms with Crippen LogP contribution in [0, 0.1) is 0 Å². The van der Waals surface area contributed by atoms with E-state index in [1.807, 2.05) is 41.3 Å². The molecule has 2 saturated heterocycles. The summed E-state index contributed by atoms with van der Waals surface area (Å²) in [5, 5.41) is 0. The number of nitrogens with zero attached hydrogens (tertiary/aromatic N) is 5. The lowest BCUT2D eigenvalue weighted by molar-refractivity contribution is 0.0733. The Morgan fingerprint density at radius 1 is 0.903 bits per heavy atom. The first kappa shape index (κ1) is 19.8. The van der Waals surface area contributed by atoms with Crippen molar-refractivity contribution in [2.75, 3.05) is 19.6 Å². The topological polar surface area (TPSA) is 62.2 Å². The van der Waals surface area contributed by atoms with Gasteiger partial charge in [-0.2, -0.15) is 0 Å². The van der Waals surface area contributed by atoms with Gasteiger partial charge < -0.3 is 4.90 Å². The lowest BCUT2D eigenvalue weighted by Crippen LogP contribution is -2.31. The number of pyridine rings is 1. The fourth-order valence-corrected chi connectivity index (χ4v) is 4.61. The number of aromatic nitrogens is 3. The minimum Gasteiger partial charge on any atom is -0.330 e. The predicted octanol–water partition coefficient (Wildman–Crippen LogP) is 4.11. The van der Waals surface area contributed by atoms with Crippen molar-refractivity contribution >= 4 is 5.91 Å². The summed E-state index contributed by atoms with van der Waals surface area (Å²) in [7, 11) is 0. The number of benzene rings is 1. The second-order valence-corrected chi connectivity index (χ2v) is 8.36. The zero-order chi connectivity index (χ0) is 21.0. The number of carbonyl (C=O) groups excluding carboxylic acids is 1. The van der Waals surface area contributed by atoms with Gasteiger partial charge in [0, 0.05) is 31.0 Å². The Bertz CT molecular complexity index is 1030. The van der Waals surface area contributed by atoms with Gasteiger partial charge in [-0.05, 0) is 74.7 Å². The third kappa shape index (κ3) is 4.35. The normalized spacial score (nSPS) is 19.1. The lowest BCUT2D eigenvalue weighted by atomic mass is 10.1. The average molecular weight is 414 g/mol. The molecule has 2 aliphatic heterocycles. The molecule has 0 radical (unpaired) electrons. The van der Waals surface area contributed by atoms with Crippen molar-refractivity contribution in [3.63, 3.8) is 0 Å². The monoisotopic (exact) mass is 413 g/mol. The molecule has 0 bridgehead atoms. The van der Waals surface area contributed by atoms with E-state index in [4.69, 9.17) is 4.98 Å². The standard InChI is InChI=1S/C25H27N5O/c31-25(20-10-8-19(9-11-20)18-29-15-3-4-16-29)30-17-5-7-23(30)21-12-14-27-24(28-21)22-6-1-2-13-26-22/h1-2,6,8-14,23H,3-5,7,15-18H2/t23-/m1/s1. The zero-order valence-electron chi connectivity index (χ0n) is 17.7. The van der Waals surface area contributed by atoms with Crippen LogP contribution in [0.4, 0.5) is 0 Å². The molecule has 0 saturated carbocycles. The van der Waals surface area contributed by atoms with Gasteiger partial charge in [0.1, 0.15) is 5.69 Å². The Morgan fingerprint density at radius 3 is 2.52 bits per heavy atom. The van der Waals surface area contributed by atoms with E-state index in [1.54, 1.807) is 12.4 Å². The summed E-state index contributed by atoms with van der Waals surface area (Å²) in [4.78, 5) is 31.2. The van der Waals surface area contributed by atoms with Crippen molar-refractivity contribution in [1.29, 1.82) is 0 Å². The minimum atomic E-state index is -0.0257. The molecular formula is C25H27N5O. The molecule has 0 unspecified atom stereocenters. The molecule has 2 fully saturated rings. The quantitative estimate of drug-likeness (QED) is 0.630. The summed E-state index contributed by atoms with van der Waals surface area (Å²) < 4.78 is 0. The van der Waals surface area contributed by atoms with Gasteiger partial charge >= 0.3 is 0 Å². The summed E-state index contributed by atoms with van der Waals surface area (Å²) in [5.74, 6) is 0.678. The number of carbonyl (C=O) groups is 1. The number of hydrogen-bond donors (Lipinski definition) is 0. The maximum Gasteiger partial charge on any atom is 0.254 e. The van der Waals surface area contributed by atoms with Crippen LogP contribution in [0.25, 0.3) is 11.5 Å². The van der Waals surface area contributed by atoms with Crippen LogP contribution in [0.1, 0.15) is 53.3 Å². The van der Waals surface area contributed by atoms with Gasteiger partial charge in [0.15, 0.2) is 5.82 Å². The molecule has 5 rings (SSSR count). The molecule has 0 N–H and O–H groups in total. The largest absolute Gasteiger partial charge is 0.330 e. The molecule has 1 atom stereocenters. The first-order valence-electron chi connectivity index (χ1n) is 11.1. The van der Waals surface area contributed by atoms with E-state index in [0.717, 1.165) is 42.9 Å².